The molecular weight excluding hydrogens is 298 g/mol. The van der Waals surface area contributed by atoms with Gasteiger partial charge in [0.25, 0.3) is 0 Å². The predicted molar refractivity (Wildman–Crippen MR) is 88.2 cm³/mol. The van der Waals surface area contributed by atoms with Gasteiger partial charge in [0, 0.05) is 11.3 Å². The molecule has 0 radical (unpaired) electrons. The zero-order valence-corrected chi connectivity index (χ0v) is 13.5. The molecule has 0 aliphatic carbocycles. The molecule has 1 aromatic carbocycles. The molecule has 0 bridgehead atoms. The first-order valence-electron chi connectivity index (χ1n) is 7.69. The first-order valence-corrected chi connectivity index (χ1v) is 8.57. The van der Waals surface area contributed by atoms with Gasteiger partial charge in [-0.2, -0.15) is 0 Å². The standard InChI is InChI=1S/C17H21NO3S/c1-12(15-11-22-16-7-3-2-6-14(15)16)18-17(19)10-20-9-13-5-4-8-21-13/h2-3,6-7,11-13H,4-5,8-10H2,1H3,(H,18,19)/t12-,13-/m1/s1. The monoisotopic (exact) mass is 319 g/mol. The molecule has 0 spiro atoms. The van der Waals surface area contributed by atoms with Crippen molar-refractivity contribution in [2.45, 2.75) is 31.9 Å². The quantitative estimate of drug-likeness (QED) is 0.889. The highest BCUT2D eigenvalue weighted by molar-refractivity contribution is 7.17. The van der Waals surface area contributed by atoms with E-state index in [4.69, 9.17) is 9.47 Å². The lowest BCUT2D eigenvalue weighted by atomic mass is 10.1. The number of fused-ring (bicyclic) bond motifs is 1. The number of nitrogens with one attached hydrogen (secondary N) is 1. The van der Waals surface area contributed by atoms with Crippen LogP contribution in [0.5, 0.6) is 0 Å². The van der Waals surface area contributed by atoms with Crippen molar-refractivity contribution in [1.29, 1.82) is 0 Å². The Hall–Kier alpha value is -1.43. The maximum atomic E-state index is 12.0. The number of carbonyl (C=O) groups is 1. The molecule has 0 unspecified atom stereocenters. The third-order valence-electron chi connectivity index (χ3n) is 3.92. The summed E-state index contributed by atoms with van der Waals surface area (Å²) < 4.78 is 12.2. The third kappa shape index (κ3) is 3.66. The van der Waals surface area contributed by atoms with E-state index in [1.165, 1.54) is 10.1 Å². The smallest absolute Gasteiger partial charge is 0.246 e. The van der Waals surface area contributed by atoms with E-state index in [0.717, 1.165) is 25.0 Å². The summed E-state index contributed by atoms with van der Waals surface area (Å²) in [6, 6.07) is 8.23. The Bertz CT molecular complexity index is 634. The van der Waals surface area contributed by atoms with Crippen LogP contribution < -0.4 is 5.32 Å². The molecule has 3 rings (SSSR count). The molecule has 1 saturated heterocycles. The molecule has 2 aromatic rings. The van der Waals surface area contributed by atoms with E-state index in [9.17, 15) is 4.79 Å². The van der Waals surface area contributed by atoms with Gasteiger partial charge in [-0.05, 0) is 42.2 Å². The lowest BCUT2D eigenvalue weighted by Crippen LogP contribution is -2.31. The number of hydrogen-bond acceptors (Lipinski definition) is 4. The van der Waals surface area contributed by atoms with Crippen LogP contribution in [0.25, 0.3) is 10.1 Å². The zero-order chi connectivity index (χ0) is 15.4. The van der Waals surface area contributed by atoms with Crippen molar-refractivity contribution >= 4 is 27.3 Å². The second-order valence-electron chi connectivity index (χ2n) is 5.63. The lowest BCUT2D eigenvalue weighted by molar-refractivity contribution is -0.127. The minimum Gasteiger partial charge on any atom is -0.376 e. The van der Waals surface area contributed by atoms with Crippen LogP contribution in [0.3, 0.4) is 0 Å². The van der Waals surface area contributed by atoms with E-state index in [0.29, 0.717) is 6.61 Å². The van der Waals surface area contributed by atoms with Crippen LogP contribution in [0.15, 0.2) is 29.6 Å². The minimum absolute atomic E-state index is 0.0185. The van der Waals surface area contributed by atoms with Crippen molar-refractivity contribution < 1.29 is 14.3 Å². The molecule has 1 aliphatic heterocycles. The molecule has 1 amide bonds. The van der Waals surface area contributed by atoms with Gasteiger partial charge >= 0.3 is 0 Å². The van der Waals surface area contributed by atoms with Crippen LogP contribution in [0.1, 0.15) is 31.4 Å². The first kappa shape index (κ1) is 15.5. The van der Waals surface area contributed by atoms with E-state index < -0.39 is 0 Å². The summed E-state index contributed by atoms with van der Waals surface area (Å²) in [5.41, 5.74) is 1.16. The number of ether oxygens (including phenoxy) is 2. The minimum atomic E-state index is -0.0826. The van der Waals surface area contributed by atoms with Crippen molar-refractivity contribution in [3.8, 4) is 0 Å². The molecule has 2 heterocycles. The van der Waals surface area contributed by atoms with E-state index in [1.54, 1.807) is 11.3 Å². The van der Waals surface area contributed by atoms with Crippen molar-refractivity contribution in [3.05, 3.63) is 35.2 Å². The largest absolute Gasteiger partial charge is 0.376 e. The van der Waals surface area contributed by atoms with Gasteiger partial charge in [-0.25, -0.2) is 0 Å². The van der Waals surface area contributed by atoms with Crippen LogP contribution in [0.2, 0.25) is 0 Å². The van der Waals surface area contributed by atoms with E-state index in [2.05, 4.69) is 22.8 Å². The molecule has 2 atom stereocenters. The summed E-state index contributed by atoms with van der Waals surface area (Å²) in [5.74, 6) is -0.0826. The third-order valence-corrected chi connectivity index (χ3v) is 4.90. The van der Waals surface area contributed by atoms with Crippen LogP contribution in [-0.2, 0) is 14.3 Å². The number of rotatable bonds is 6. The second kappa shape index (κ2) is 7.22. The molecule has 1 aliphatic rings. The molecular formula is C17H21NO3S. The Morgan fingerprint density at radius 2 is 2.36 bits per heavy atom. The molecule has 1 fully saturated rings. The number of benzene rings is 1. The van der Waals surface area contributed by atoms with Crippen LogP contribution in [0, 0.1) is 0 Å². The van der Waals surface area contributed by atoms with Crippen molar-refractivity contribution in [3.63, 3.8) is 0 Å². The van der Waals surface area contributed by atoms with Gasteiger partial charge in [-0.3, -0.25) is 4.79 Å². The van der Waals surface area contributed by atoms with Crippen molar-refractivity contribution in [1.82, 2.24) is 5.32 Å². The van der Waals surface area contributed by atoms with Crippen LogP contribution >= 0.6 is 11.3 Å². The van der Waals surface area contributed by atoms with Gasteiger partial charge in [0.2, 0.25) is 5.91 Å². The van der Waals surface area contributed by atoms with Crippen molar-refractivity contribution in [2.24, 2.45) is 0 Å². The summed E-state index contributed by atoms with van der Waals surface area (Å²) in [4.78, 5) is 12.0. The Kier molecular flexibility index (Phi) is 5.08. The highest BCUT2D eigenvalue weighted by Gasteiger charge is 2.17. The zero-order valence-electron chi connectivity index (χ0n) is 12.7. The molecule has 5 heteroatoms. The summed E-state index contributed by atoms with van der Waals surface area (Å²) in [7, 11) is 0. The summed E-state index contributed by atoms with van der Waals surface area (Å²) >= 11 is 1.70. The average Bonchev–Trinajstić information content (AvgIpc) is 3.16. The molecule has 4 nitrogen and oxygen atoms in total. The first-order chi connectivity index (χ1) is 10.7. The Labute approximate surface area is 134 Å². The number of amides is 1. The van der Waals surface area contributed by atoms with Crippen molar-refractivity contribution in [2.75, 3.05) is 19.8 Å². The Balaban J connectivity index is 1.50. The number of carbonyl (C=O) groups excluding carboxylic acids is 1. The topological polar surface area (TPSA) is 47.6 Å². The van der Waals surface area contributed by atoms with E-state index in [-0.39, 0.29) is 24.7 Å². The summed E-state index contributed by atoms with van der Waals surface area (Å²) in [5, 5.41) is 6.32. The number of thiophene rings is 1. The lowest BCUT2D eigenvalue weighted by Gasteiger charge is -2.14. The normalized spacial score (nSPS) is 19.4. The van der Waals surface area contributed by atoms with Gasteiger partial charge in [0.05, 0.1) is 18.8 Å². The van der Waals surface area contributed by atoms with Gasteiger partial charge in [-0.15, -0.1) is 11.3 Å². The van der Waals surface area contributed by atoms with E-state index >= 15 is 0 Å². The van der Waals surface area contributed by atoms with Gasteiger partial charge < -0.3 is 14.8 Å². The molecule has 0 saturated carbocycles. The maximum absolute atomic E-state index is 12.0. The van der Waals surface area contributed by atoms with Crippen LogP contribution in [-0.4, -0.2) is 31.8 Å². The summed E-state index contributed by atoms with van der Waals surface area (Å²) in [6.45, 7) is 3.41. The predicted octanol–water partition coefficient (Wildman–Crippen LogP) is 3.27. The highest BCUT2D eigenvalue weighted by atomic mass is 32.1. The van der Waals surface area contributed by atoms with Gasteiger partial charge in [0.1, 0.15) is 6.61 Å². The van der Waals surface area contributed by atoms with Gasteiger partial charge in [0.15, 0.2) is 0 Å². The average molecular weight is 319 g/mol. The molecule has 118 valence electrons. The Morgan fingerprint density at radius 1 is 1.50 bits per heavy atom. The van der Waals surface area contributed by atoms with Gasteiger partial charge in [-0.1, -0.05) is 18.2 Å². The molecule has 22 heavy (non-hydrogen) atoms. The molecule has 1 aromatic heterocycles. The summed E-state index contributed by atoms with van der Waals surface area (Å²) in [6.07, 6.45) is 2.27. The SMILES string of the molecule is C[C@@H](NC(=O)COC[C@H]1CCCO1)c1csc2ccccc12. The maximum Gasteiger partial charge on any atom is 0.246 e. The number of hydrogen-bond donors (Lipinski definition) is 1. The molecule has 1 N–H and O–H groups in total. The fourth-order valence-corrected chi connectivity index (χ4v) is 3.81. The second-order valence-corrected chi connectivity index (χ2v) is 6.54. The fraction of sp³-hybridized carbons (Fsp3) is 0.471. The Morgan fingerprint density at radius 3 is 3.18 bits per heavy atom. The fourth-order valence-electron chi connectivity index (χ4n) is 2.75. The highest BCUT2D eigenvalue weighted by Crippen LogP contribution is 2.29. The van der Waals surface area contributed by atoms with Crippen LogP contribution in [0.4, 0.5) is 0 Å². The van der Waals surface area contributed by atoms with E-state index in [1.807, 2.05) is 19.1 Å².